The number of thiophene rings is 1. The van der Waals surface area contributed by atoms with Crippen molar-refractivity contribution in [1.29, 1.82) is 0 Å². The molecule has 0 aromatic carbocycles. The van der Waals surface area contributed by atoms with Crippen LogP contribution in [-0.2, 0) is 6.42 Å². The fourth-order valence-electron chi connectivity index (χ4n) is 2.09. The summed E-state index contributed by atoms with van der Waals surface area (Å²) in [5.74, 6) is 0. The Morgan fingerprint density at radius 1 is 1.33 bits per heavy atom. The number of rotatable bonds is 6. The van der Waals surface area contributed by atoms with Crippen molar-refractivity contribution in [2.24, 2.45) is 0 Å². The Bertz CT molecular complexity index is 464. The number of aromatic nitrogens is 1. The van der Waals surface area contributed by atoms with Crippen LogP contribution in [0.2, 0.25) is 0 Å². The number of aryl methyl sites for hydroxylation is 1. The van der Waals surface area contributed by atoms with Crippen molar-refractivity contribution in [1.82, 2.24) is 10.3 Å². The molecule has 0 amide bonds. The van der Waals surface area contributed by atoms with E-state index in [0.717, 1.165) is 25.1 Å². The number of nitrogens with one attached hydrogen (secondary N) is 1. The van der Waals surface area contributed by atoms with Crippen molar-refractivity contribution in [3.05, 3.63) is 52.0 Å². The minimum Gasteiger partial charge on any atom is -0.310 e. The van der Waals surface area contributed by atoms with Gasteiger partial charge in [-0.15, -0.1) is 11.3 Å². The average molecular weight is 260 g/mol. The maximum atomic E-state index is 4.43. The maximum absolute atomic E-state index is 4.43. The first-order valence-corrected chi connectivity index (χ1v) is 7.36. The first kappa shape index (κ1) is 13.2. The first-order chi connectivity index (χ1) is 8.81. The molecule has 2 heterocycles. The minimum atomic E-state index is 0.381. The second-order valence-corrected chi connectivity index (χ2v) is 5.58. The van der Waals surface area contributed by atoms with Gasteiger partial charge in [0.15, 0.2) is 0 Å². The molecule has 2 rings (SSSR count). The van der Waals surface area contributed by atoms with Crippen LogP contribution < -0.4 is 5.32 Å². The molecule has 0 aliphatic rings. The molecule has 2 nitrogen and oxygen atoms in total. The van der Waals surface area contributed by atoms with Crippen LogP contribution in [0.15, 0.2) is 35.8 Å². The third-order valence-electron chi connectivity index (χ3n) is 3.05. The van der Waals surface area contributed by atoms with Gasteiger partial charge in [0.2, 0.25) is 0 Å². The summed E-state index contributed by atoms with van der Waals surface area (Å²) in [7, 11) is 0. The fourth-order valence-corrected chi connectivity index (χ4v) is 2.86. The lowest BCUT2D eigenvalue weighted by Crippen LogP contribution is -2.24. The molecule has 0 saturated heterocycles. The molecule has 0 fully saturated rings. The van der Waals surface area contributed by atoms with Crippen molar-refractivity contribution in [3.63, 3.8) is 0 Å². The van der Waals surface area contributed by atoms with Gasteiger partial charge in [-0.1, -0.05) is 13.0 Å². The standard InChI is InChI=1S/C15H20N2S/c1-3-8-17-15(14-7-10-18-12(14)2)11-13-6-4-5-9-16-13/h4-7,9-10,15,17H,3,8,11H2,1-2H3. The van der Waals surface area contributed by atoms with E-state index in [4.69, 9.17) is 0 Å². The third-order valence-corrected chi connectivity index (χ3v) is 3.92. The van der Waals surface area contributed by atoms with Gasteiger partial charge in [0.05, 0.1) is 0 Å². The Labute approximate surface area is 113 Å². The molecule has 96 valence electrons. The predicted octanol–water partition coefficient (Wildman–Crippen LogP) is 3.73. The van der Waals surface area contributed by atoms with Crippen LogP contribution in [0.5, 0.6) is 0 Å². The van der Waals surface area contributed by atoms with E-state index in [-0.39, 0.29) is 0 Å². The second kappa shape index (κ2) is 6.66. The molecule has 0 bridgehead atoms. The summed E-state index contributed by atoms with van der Waals surface area (Å²) >= 11 is 1.82. The number of pyridine rings is 1. The number of nitrogens with zero attached hydrogens (tertiary/aromatic N) is 1. The highest BCUT2D eigenvalue weighted by Crippen LogP contribution is 2.25. The van der Waals surface area contributed by atoms with Gasteiger partial charge < -0.3 is 5.32 Å². The van der Waals surface area contributed by atoms with Crippen molar-refractivity contribution >= 4 is 11.3 Å². The molecule has 0 aliphatic heterocycles. The summed E-state index contributed by atoms with van der Waals surface area (Å²) in [5.41, 5.74) is 2.57. The highest BCUT2D eigenvalue weighted by molar-refractivity contribution is 7.10. The van der Waals surface area contributed by atoms with E-state index in [9.17, 15) is 0 Å². The van der Waals surface area contributed by atoms with Crippen molar-refractivity contribution in [2.75, 3.05) is 6.54 Å². The van der Waals surface area contributed by atoms with Gasteiger partial charge in [-0.2, -0.15) is 0 Å². The zero-order valence-electron chi connectivity index (χ0n) is 11.0. The molecule has 18 heavy (non-hydrogen) atoms. The average Bonchev–Trinajstić information content (AvgIpc) is 2.82. The van der Waals surface area contributed by atoms with Gasteiger partial charge in [-0.3, -0.25) is 4.98 Å². The molecule has 1 N–H and O–H groups in total. The second-order valence-electron chi connectivity index (χ2n) is 4.46. The van der Waals surface area contributed by atoms with Gasteiger partial charge in [-0.25, -0.2) is 0 Å². The Balaban J connectivity index is 2.13. The van der Waals surface area contributed by atoms with Gasteiger partial charge in [0, 0.05) is 29.2 Å². The quantitative estimate of drug-likeness (QED) is 0.856. The van der Waals surface area contributed by atoms with Crippen LogP contribution in [0.4, 0.5) is 0 Å². The van der Waals surface area contributed by atoms with Gasteiger partial charge in [0.1, 0.15) is 0 Å². The van der Waals surface area contributed by atoms with Crippen LogP contribution in [-0.4, -0.2) is 11.5 Å². The Morgan fingerprint density at radius 2 is 2.22 bits per heavy atom. The zero-order valence-corrected chi connectivity index (χ0v) is 11.8. The summed E-state index contributed by atoms with van der Waals surface area (Å²) < 4.78 is 0. The van der Waals surface area contributed by atoms with Crippen molar-refractivity contribution in [3.8, 4) is 0 Å². The number of hydrogen-bond acceptors (Lipinski definition) is 3. The molecule has 0 radical (unpaired) electrons. The normalized spacial score (nSPS) is 12.6. The molecule has 0 saturated carbocycles. The molecule has 1 atom stereocenters. The maximum Gasteiger partial charge on any atom is 0.0422 e. The Kier molecular flexibility index (Phi) is 4.90. The summed E-state index contributed by atoms with van der Waals surface area (Å²) in [4.78, 5) is 5.83. The van der Waals surface area contributed by atoms with Gasteiger partial charge in [0.25, 0.3) is 0 Å². The van der Waals surface area contributed by atoms with Crippen LogP contribution in [0, 0.1) is 6.92 Å². The zero-order chi connectivity index (χ0) is 12.8. The fraction of sp³-hybridized carbons (Fsp3) is 0.400. The smallest absolute Gasteiger partial charge is 0.0422 e. The van der Waals surface area contributed by atoms with Gasteiger partial charge >= 0.3 is 0 Å². The Hall–Kier alpha value is -1.19. The summed E-state index contributed by atoms with van der Waals surface area (Å²) in [6.45, 7) is 5.44. The molecule has 0 spiro atoms. The van der Waals surface area contributed by atoms with E-state index in [2.05, 4.69) is 47.7 Å². The highest BCUT2D eigenvalue weighted by atomic mass is 32.1. The molecule has 1 unspecified atom stereocenters. The predicted molar refractivity (Wildman–Crippen MR) is 78.0 cm³/mol. The van der Waals surface area contributed by atoms with E-state index in [1.165, 1.54) is 10.4 Å². The first-order valence-electron chi connectivity index (χ1n) is 6.48. The van der Waals surface area contributed by atoms with Gasteiger partial charge in [-0.05, 0) is 49.0 Å². The number of hydrogen-bond donors (Lipinski definition) is 1. The largest absolute Gasteiger partial charge is 0.310 e. The lowest BCUT2D eigenvalue weighted by atomic mass is 10.0. The molecule has 3 heteroatoms. The van der Waals surface area contributed by atoms with E-state index >= 15 is 0 Å². The summed E-state index contributed by atoms with van der Waals surface area (Å²) in [6, 6.07) is 8.73. The highest BCUT2D eigenvalue weighted by Gasteiger charge is 2.14. The van der Waals surface area contributed by atoms with E-state index in [1.807, 2.05) is 23.6 Å². The van der Waals surface area contributed by atoms with Crippen LogP contribution >= 0.6 is 11.3 Å². The molecule has 2 aromatic rings. The van der Waals surface area contributed by atoms with E-state index < -0.39 is 0 Å². The van der Waals surface area contributed by atoms with Crippen molar-refractivity contribution in [2.45, 2.75) is 32.7 Å². The molecular weight excluding hydrogens is 240 g/mol. The van der Waals surface area contributed by atoms with Crippen LogP contribution in [0.3, 0.4) is 0 Å². The Morgan fingerprint density at radius 3 is 2.83 bits per heavy atom. The summed E-state index contributed by atoms with van der Waals surface area (Å²) in [5, 5.41) is 5.80. The van der Waals surface area contributed by atoms with Crippen LogP contribution in [0.25, 0.3) is 0 Å². The molecular formula is C15H20N2S. The molecule has 2 aromatic heterocycles. The lowest BCUT2D eigenvalue weighted by molar-refractivity contribution is 0.524. The lowest BCUT2D eigenvalue weighted by Gasteiger charge is -2.18. The summed E-state index contributed by atoms with van der Waals surface area (Å²) in [6.07, 6.45) is 3.98. The molecule has 0 aliphatic carbocycles. The van der Waals surface area contributed by atoms with E-state index in [1.54, 1.807) is 0 Å². The minimum absolute atomic E-state index is 0.381. The SMILES string of the molecule is CCCNC(Cc1ccccn1)c1ccsc1C. The topological polar surface area (TPSA) is 24.9 Å². The van der Waals surface area contributed by atoms with E-state index in [0.29, 0.717) is 6.04 Å². The third kappa shape index (κ3) is 3.40. The van der Waals surface area contributed by atoms with Crippen LogP contribution in [0.1, 0.15) is 35.5 Å². The monoisotopic (exact) mass is 260 g/mol. The van der Waals surface area contributed by atoms with Crippen molar-refractivity contribution < 1.29 is 0 Å².